The molecular formula is C23H28ClFN2O2. The number of rotatable bonds is 8. The first-order valence-corrected chi connectivity index (χ1v) is 10.6. The highest BCUT2D eigenvalue weighted by Crippen LogP contribution is 2.20. The van der Waals surface area contributed by atoms with Gasteiger partial charge in [-0.3, -0.25) is 9.69 Å². The second-order valence-electron chi connectivity index (χ2n) is 7.49. The van der Waals surface area contributed by atoms with Crippen LogP contribution in [-0.4, -0.2) is 48.0 Å². The molecule has 4 nitrogen and oxygen atoms in total. The number of hydrogen-bond acceptors (Lipinski definition) is 3. The topological polar surface area (TPSA) is 32.8 Å². The summed E-state index contributed by atoms with van der Waals surface area (Å²) in [6.07, 6.45) is 3.15. The lowest BCUT2D eigenvalue weighted by molar-refractivity contribution is -0.138. The van der Waals surface area contributed by atoms with Crippen LogP contribution in [0.15, 0.2) is 48.5 Å². The van der Waals surface area contributed by atoms with Crippen LogP contribution in [-0.2, 0) is 11.3 Å². The van der Waals surface area contributed by atoms with Crippen LogP contribution in [0, 0.1) is 5.82 Å². The molecule has 0 bridgehead atoms. The lowest BCUT2D eigenvalue weighted by atomic mass is 10.0. The van der Waals surface area contributed by atoms with Gasteiger partial charge in [-0.2, -0.15) is 0 Å². The molecule has 1 amide bonds. The molecule has 0 N–H and O–H groups in total. The number of ether oxygens (including phenoxy) is 1. The summed E-state index contributed by atoms with van der Waals surface area (Å²) in [6, 6.07) is 13.9. The SMILES string of the molecule is CCCCC1CN(Cc2ccc(F)cc2)CCN1C(=O)COc1ccc(Cl)cc1. The average molecular weight is 419 g/mol. The molecule has 1 unspecified atom stereocenters. The van der Waals surface area contributed by atoms with E-state index in [0.717, 1.165) is 44.5 Å². The van der Waals surface area contributed by atoms with Gasteiger partial charge >= 0.3 is 0 Å². The first kappa shape index (κ1) is 21.6. The minimum absolute atomic E-state index is 0.0162. The molecule has 6 heteroatoms. The van der Waals surface area contributed by atoms with E-state index in [0.29, 0.717) is 17.3 Å². The smallest absolute Gasteiger partial charge is 0.260 e. The van der Waals surface area contributed by atoms with Crippen molar-refractivity contribution in [3.63, 3.8) is 0 Å². The largest absolute Gasteiger partial charge is 0.484 e. The van der Waals surface area contributed by atoms with Gasteiger partial charge in [0.1, 0.15) is 11.6 Å². The van der Waals surface area contributed by atoms with Crippen molar-refractivity contribution >= 4 is 17.5 Å². The number of halogens is 2. The number of benzene rings is 2. The summed E-state index contributed by atoms with van der Waals surface area (Å²) in [6.45, 7) is 5.26. The minimum Gasteiger partial charge on any atom is -0.484 e. The summed E-state index contributed by atoms with van der Waals surface area (Å²) >= 11 is 5.89. The van der Waals surface area contributed by atoms with Gasteiger partial charge in [-0.05, 0) is 48.4 Å². The summed E-state index contributed by atoms with van der Waals surface area (Å²) in [7, 11) is 0. The fourth-order valence-corrected chi connectivity index (χ4v) is 3.81. The number of unbranched alkanes of at least 4 members (excludes halogenated alkanes) is 1. The van der Waals surface area contributed by atoms with E-state index in [1.165, 1.54) is 12.1 Å². The molecule has 0 aromatic heterocycles. The molecule has 0 radical (unpaired) electrons. The normalized spacial score (nSPS) is 17.3. The van der Waals surface area contributed by atoms with Crippen molar-refractivity contribution in [3.8, 4) is 5.75 Å². The Kier molecular flexibility index (Phi) is 7.90. The number of carbonyl (C=O) groups is 1. The van der Waals surface area contributed by atoms with Gasteiger partial charge in [0.2, 0.25) is 0 Å². The molecule has 1 atom stereocenters. The van der Waals surface area contributed by atoms with Crippen LogP contribution >= 0.6 is 11.6 Å². The number of nitrogens with zero attached hydrogens (tertiary/aromatic N) is 2. The van der Waals surface area contributed by atoms with Gasteiger partial charge in [0.25, 0.3) is 5.91 Å². The predicted molar refractivity (Wildman–Crippen MR) is 114 cm³/mol. The van der Waals surface area contributed by atoms with E-state index in [2.05, 4.69) is 11.8 Å². The lowest BCUT2D eigenvalue weighted by Crippen LogP contribution is -2.55. The summed E-state index contributed by atoms with van der Waals surface area (Å²) in [5.41, 5.74) is 1.09. The molecule has 2 aromatic carbocycles. The second-order valence-corrected chi connectivity index (χ2v) is 7.92. The van der Waals surface area contributed by atoms with E-state index in [1.807, 2.05) is 17.0 Å². The van der Waals surface area contributed by atoms with Crippen LogP contribution in [0.25, 0.3) is 0 Å². The van der Waals surface area contributed by atoms with Crippen molar-refractivity contribution in [2.75, 3.05) is 26.2 Å². The van der Waals surface area contributed by atoms with Crippen LogP contribution in [0.5, 0.6) is 5.75 Å². The van der Waals surface area contributed by atoms with E-state index in [1.54, 1.807) is 24.3 Å². The van der Waals surface area contributed by atoms with Gasteiger partial charge in [-0.1, -0.05) is 43.5 Å². The van der Waals surface area contributed by atoms with Crippen molar-refractivity contribution in [2.45, 2.75) is 38.8 Å². The Morgan fingerprint density at radius 3 is 2.55 bits per heavy atom. The van der Waals surface area contributed by atoms with Gasteiger partial charge in [0.05, 0.1) is 0 Å². The molecule has 0 saturated carbocycles. The highest BCUT2D eigenvalue weighted by Gasteiger charge is 2.30. The van der Waals surface area contributed by atoms with Crippen molar-refractivity contribution < 1.29 is 13.9 Å². The van der Waals surface area contributed by atoms with Gasteiger partial charge in [-0.15, -0.1) is 0 Å². The van der Waals surface area contributed by atoms with Crippen LogP contribution in [0.3, 0.4) is 0 Å². The van der Waals surface area contributed by atoms with Crippen LogP contribution in [0.2, 0.25) is 5.02 Å². The number of amides is 1. The summed E-state index contributed by atoms with van der Waals surface area (Å²) in [4.78, 5) is 17.1. The predicted octanol–water partition coefficient (Wildman–Crippen LogP) is 4.76. The summed E-state index contributed by atoms with van der Waals surface area (Å²) in [5.74, 6) is 0.441. The van der Waals surface area contributed by atoms with Crippen molar-refractivity contribution in [1.82, 2.24) is 9.80 Å². The van der Waals surface area contributed by atoms with E-state index < -0.39 is 0 Å². The average Bonchev–Trinajstić information content (AvgIpc) is 2.73. The molecule has 0 aliphatic carbocycles. The first-order chi connectivity index (χ1) is 14.0. The minimum atomic E-state index is -0.217. The highest BCUT2D eigenvalue weighted by atomic mass is 35.5. The van der Waals surface area contributed by atoms with Gasteiger partial charge < -0.3 is 9.64 Å². The second kappa shape index (κ2) is 10.6. The maximum absolute atomic E-state index is 13.1. The van der Waals surface area contributed by atoms with Crippen molar-refractivity contribution in [3.05, 3.63) is 64.9 Å². The molecule has 1 aliphatic heterocycles. The summed E-state index contributed by atoms with van der Waals surface area (Å²) in [5, 5.41) is 0.639. The molecule has 2 aromatic rings. The van der Waals surface area contributed by atoms with E-state index in [-0.39, 0.29) is 24.4 Å². The van der Waals surface area contributed by atoms with Crippen LogP contribution < -0.4 is 4.74 Å². The third-order valence-corrected chi connectivity index (χ3v) is 5.53. The zero-order chi connectivity index (χ0) is 20.6. The molecule has 3 rings (SSSR count). The molecule has 0 spiro atoms. The van der Waals surface area contributed by atoms with E-state index >= 15 is 0 Å². The van der Waals surface area contributed by atoms with E-state index in [9.17, 15) is 9.18 Å². The Bertz CT molecular complexity index is 782. The quantitative estimate of drug-likeness (QED) is 0.619. The highest BCUT2D eigenvalue weighted by molar-refractivity contribution is 6.30. The third-order valence-electron chi connectivity index (χ3n) is 5.27. The zero-order valence-electron chi connectivity index (χ0n) is 16.8. The molecule has 29 heavy (non-hydrogen) atoms. The maximum Gasteiger partial charge on any atom is 0.260 e. The molecule has 156 valence electrons. The van der Waals surface area contributed by atoms with Gasteiger partial charge in [0, 0.05) is 37.2 Å². The number of carbonyl (C=O) groups excluding carboxylic acids is 1. The number of hydrogen-bond donors (Lipinski definition) is 0. The standard InChI is InChI=1S/C23H28ClFN2O2/c1-2-3-4-21-16-26(15-18-5-9-20(25)10-6-18)13-14-27(21)23(28)17-29-22-11-7-19(24)8-12-22/h5-12,21H,2-4,13-17H2,1H3. The molecule has 1 heterocycles. The zero-order valence-corrected chi connectivity index (χ0v) is 17.6. The Balaban J connectivity index is 1.57. The fourth-order valence-electron chi connectivity index (χ4n) is 3.69. The third kappa shape index (κ3) is 6.44. The molecule has 1 saturated heterocycles. The maximum atomic E-state index is 13.1. The molecular weight excluding hydrogens is 391 g/mol. The van der Waals surface area contributed by atoms with Crippen molar-refractivity contribution in [1.29, 1.82) is 0 Å². The lowest BCUT2D eigenvalue weighted by Gasteiger charge is -2.41. The van der Waals surface area contributed by atoms with Gasteiger partial charge in [-0.25, -0.2) is 4.39 Å². The summed E-state index contributed by atoms with van der Waals surface area (Å²) < 4.78 is 18.8. The fraction of sp³-hybridized carbons (Fsp3) is 0.435. The Labute approximate surface area is 177 Å². The first-order valence-electron chi connectivity index (χ1n) is 10.2. The monoisotopic (exact) mass is 418 g/mol. The molecule has 1 fully saturated rings. The Hall–Kier alpha value is -2.11. The van der Waals surface area contributed by atoms with Crippen LogP contribution in [0.4, 0.5) is 4.39 Å². The molecule has 1 aliphatic rings. The van der Waals surface area contributed by atoms with Crippen molar-refractivity contribution in [2.24, 2.45) is 0 Å². The van der Waals surface area contributed by atoms with Gasteiger partial charge in [0.15, 0.2) is 6.61 Å². The number of piperazine rings is 1. The van der Waals surface area contributed by atoms with E-state index in [4.69, 9.17) is 16.3 Å². The Morgan fingerprint density at radius 1 is 1.14 bits per heavy atom. The Morgan fingerprint density at radius 2 is 1.86 bits per heavy atom. The van der Waals surface area contributed by atoms with Crippen LogP contribution in [0.1, 0.15) is 31.7 Å².